The second kappa shape index (κ2) is 7.43. The van der Waals surface area contributed by atoms with Crippen LogP contribution in [0.5, 0.6) is 5.75 Å². The van der Waals surface area contributed by atoms with Gasteiger partial charge in [0, 0.05) is 22.7 Å². The number of aromatic nitrogens is 4. The summed E-state index contributed by atoms with van der Waals surface area (Å²) in [5.74, 6) is 0.498. The number of nitrogens with zero attached hydrogens (tertiary/aromatic N) is 3. The molecule has 0 spiro atoms. The van der Waals surface area contributed by atoms with E-state index in [1.165, 1.54) is 10.9 Å². The minimum absolute atomic E-state index is 0.00870. The summed E-state index contributed by atoms with van der Waals surface area (Å²) >= 11 is 0. The van der Waals surface area contributed by atoms with Crippen molar-refractivity contribution in [1.82, 2.24) is 25.1 Å². The van der Waals surface area contributed by atoms with Crippen LogP contribution in [0.3, 0.4) is 0 Å². The van der Waals surface area contributed by atoms with Crippen molar-refractivity contribution in [3.05, 3.63) is 72.4 Å². The van der Waals surface area contributed by atoms with Crippen LogP contribution in [0.4, 0.5) is 0 Å². The minimum atomic E-state index is -0.129. The van der Waals surface area contributed by atoms with E-state index in [1.54, 1.807) is 17.2 Å². The Morgan fingerprint density at radius 1 is 1.17 bits per heavy atom. The molecule has 2 N–H and O–H groups in total. The average molecular weight is 387 g/mol. The highest BCUT2D eigenvalue weighted by Crippen LogP contribution is 2.34. The van der Waals surface area contributed by atoms with Crippen molar-refractivity contribution in [1.29, 1.82) is 0 Å². The van der Waals surface area contributed by atoms with Gasteiger partial charge in [0.1, 0.15) is 18.4 Å². The first kappa shape index (κ1) is 17.5. The van der Waals surface area contributed by atoms with Crippen LogP contribution >= 0.6 is 0 Å². The molecule has 0 saturated carbocycles. The summed E-state index contributed by atoms with van der Waals surface area (Å²) in [7, 11) is 0. The molecule has 146 valence electrons. The first-order chi connectivity index (χ1) is 14.3. The maximum Gasteiger partial charge on any atom is 0.258 e. The topological polar surface area (TPSA) is 84.8 Å². The molecule has 4 aromatic rings. The monoisotopic (exact) mass is 387 g/mol. The lowest BCUT2D eigenvalue weighted by Gasteiger charge is -2.24. The number of hydrogen-bond donors (Lipinski definition) is 2. The van der Waals surface area contributed by atoms with E-state index < -0.39 is 0 Å². The number of rotatable bonds is 5. The molecule has 5 rings (SSSR count). The molecule has 0 saturated heterocycles. The van der Waals surface area contributed by atoms with Crippen molar-refractivity contribution < 1.29 is 9.53 Å². The number of hydrogen-bond acceptors (Lipinski definition) is 4. The van der Waals surface area contributed by atoms with Gasteiger partial charge in [0.2, 0.25) is 0 Å². The molecule has 0 unspecified atom stereocenters. The predicted molar refractivity (Wildman–Crippen MR) is 109 cm³/mol. The molecule has 2 aromatic carbocycles. The fourth-order valence-electron chi connectivity index (χ4n) is 4.01. The molecule has 0 bridgehead atoms. The summed E-state index contributed by atoms with van der Waals surface area (Å²) in [6, 6.07) is 15.8. The molecule has 29 heavy (non-hydrogen) atoms. The zero-order valence-electron chi connectivity index (χ0n) is 15.8. The highest BCUT2D eigenvalue weighted by atomic mass is 16.5. The molecule has 2 aromatic heterocycles. The molecule has 7 nitrogen and oxygen atoms in total. The lowest BCUT2D eigenvalue weighted by atomic mass is 9.91. The number of H-pyrrole nitrogens is 1. The summed E-state index contributed by atoms with van der Waals surface area (Å²) in [5, 5.41) is 12.0. The zero-order chi connectivity index (χ0) is 19.6. The van der Waals surface area contributed by atoms with Crippen LogP contribution in [0.2, 0.25) is 0 Å². The average Bonchev–Trinajstić information content (AvgIpc) is 3.41. The molecule has 1 amide bonds. The number of amides is 1. The van der Waals surface area contributed by atoms with Crippen molar-refractivity contribution in [3.8, 4) is 11.4 Å². The predicted octanol–water partition coefficient (Wildman–Crippen LogP) is 3.32. The Morgan fingerprint density at radius 2 is 2.03 bits per heavy atom. The smallest absolute Gasteiger partial charge is 0.258 e. The van der Waals surface area contributed by atoms with Crippen LogP contribution in [-0.2, 0) is 11.2 Å². The largest absolute Gasteiger partial charge is 0.484 e. The van der Waals surface area contributed by atoms with E-state index in [-0.39, 0.29) is 18.6 Å². The van der Waals surface area contributed by atoms with E-state index in [4.69, 9.17) is 4.74 Å². The van der Waals surface area contributed by atoms with Crippen LogP contribution in [0.15, 0.2) is 61.2 Å². The molecule has 0 aliphatic heterocycles. The lowest BCUT2D eigenvalue weighted by Crippen LogP contribution is -2.34. The number of aromatic amines is 1. The first-order valence-corrected chi connectivity index (χ1v) is 9.74. The molecule has 0 radical (unpaired) electrons. The summed E-state index contributed by atoms with van der Waals surface area (Å²) in [4.78, 5) is 16.0. The maximum atomic E-state index is 12.5. The second-order valence-electron chi connectivity index (χ2n) is 7.23. The summed E-state index contributed by atoms with van der Waals surface area (Å²) < 4.78 is 7.50. The molecule has 1 atom stereocenters. The lowest BCUT2D eigenvalue weighted by molar-refractivity contribution is -0.124. The number of nitrogens with one attached hydrogen (secondary N) is 2. The van der Waals surface area contributed by atoms with Gasteiger partial charge in [0.25, 0.3) is 5.91 Å². The van der Waals surface area contributed by atoms with E-state index in [0.717, 1.165) is 36.2 Å². The quantitative estimate of drug-likeness (QED) is 0.550. The number of carbonyl (C=O) groups excluding carboxylic acids is 1. The van der Waals surface area contributed by atoms with Gasteiger partial charge in [-0.05, 0) is 43.0 Å². The first-order valence-electron chi connectivity index (χ1n) is 9.74. The summed E-state index contributed by atoms with van der Waals surface area (Å²) in [6.45, 7) is -0.0301. The Labute approximate surface area is 167 Å². The third-order valence-electron chi connectivity index (χ3n) is 5.35. The molecule has 1 aliphatic rings. The van der Waals surface area contributed by atoms with Crippen molar-refractivity contribution >= 4 is 16.8 Å². The molecule has 1 aliphatic carbocycles. The normalized spacial score (nSPS) is 15.8. The number of ether oxygens (including phenoxy) is 1. The number of benzene rings is 2. The molecular formula is C22H21N5O2. The van der Waals surface area contributed by atoms with Crippen molar-refractivity contribution in [2.75, 3.05) is 6.61 Å². The molecule has 7 heteroatoms. The van der Waals surface area contributed by atoms with Crippen LogP contribution in [0.1, 0.15) is 30.1 Å². The highest BCUT2D eigenvalue weighted by molar-refractivity contribution is 5.85. The van der Waals surface area contributed by atoms with Gasteiger partial charge in [-0.15, -0.1) is 10.2 Å². The number of aryl methyl sites for hydroxylation is 1. The van der Waals surface area contributed by atoms with Crippen LogP contribution in [-0.4, -0.2) is 32.3 Å². The van der Waals surface area contributed by atoms with Crippen molar-refractivity contribution in [2.45, 2.75) is 25.3 Å². The van der Waals surface area contributed by atoms with Gasteiger partial charge in [0.15, 0.2) is 6.61 Å². The van der Waals surface area contributed by atoms with E-state index >= 15 is 0 Å². The third kappa shape index (κ3) is 3.47. The fourth-order valence-corrected chi connectivity index (χ4v) is 4.01. The minimum Gasteiger partial charge on any atom is -0.484 e. The standard InChI is InChI=1S/C22H21N5O2/c28-21(12-29-16-6-3-5-15(11-16)27-13-23-24-14-27)25-20-10-4-8-18-17-7-1-2-9-19(17)26-22(18)20/h1-3,5-7,9,11,13-14,20,26H,4,8,10,12H2,(H,25,28)/t20-/m0/s1. The SMILES string of the molecule is O=C(COc1cccc(-n2cnnc2)c1)N[C@H]1CCCc2c1[nH]c1ccccc21. The van der Waals surface area contributed by atoms with Crippen molar-refractivity contribution in [3.63, 3.8) is 0 Å². The third-order valence-corrected chi connectivity index (χ3v) is 5.35. The Kier molecular flexibility index (Phi) is 4.48. The number of para-hydroxylation sites is 1. The van der Waals surface area contributed by atoms with Gasteiger partial charge in [-0.1, -0.05) is 24.3 Å². The maximum absolute atomic E-state index is 12.5. The van der Waals surface area contributed by atoms with Gasteiger partial charge in [-0.3, -0.25) is 9.36 Å². The van der Waals surface area contributed by atoms with E-state index in [1.807, 2.05) is 30.3 Å². The Morgan fingerprint density at radius 3 is 2.93 bits per heavy atom. The summed E-state index contributed by atoms with van der Waals surface area (Å²) in [6.07, 6.45) is 6.26. The second-order valence-corrected chi connectivity index (χ2v) is 7.23. The number of carbonyl (C=O) groups is 1. The Bertz CT molecular complexity index is 1150. The van der Waals surface area contributed by atoms with Gasteiger partial charge >= 0.3 is 0 Å². The van der Waals surface area contributed by atoms with Crippen LogP contribution in [0, 0.1) is 0 Å². The van der Waals surface area contributed by atoms with Gasteiger partial charge in [-0.25, -0.2) is 0 Å². The van der Waals surface area contributed by atoms with Crippen LogP contribution < -0.4 is 10.1 Å². The van der Waals surface area contributed by atoms with Gasteiger partial charge in [0.05, 0.1) is 11.7 Å². The van der Waals surface area contributed by atoms with E-state index in [2.05, 4.69) is 38.7 Å². The summed E-state index contributed by atoms with van der Waals surface area (Å²) in [5.41, 5.74) is 4.45. The van der Waals surface area contributed by atoms with Crippen LogP contribution in [0.25, 0.3) is 16.6 Å². The zero-order valence-corrected chi connectivity index (χ0v) is 15.8. The van der Waals surface area contributed by atoms with E-state index in [9.17, 15) is 4.79 Å². The molecule has 2 heterocycles. The highest BCUT2D eigenvalue weighted by Gasteiger charge is 2.25. The number of fused-ring (bicyclic) bond motifs is 3. The van der Waals surface area contributed by atoms with Gasteiger partial charge < -0.3 is 15.0 Å². The fraction of sp³-hybridized carbons (Fsp3) is 0.227. The molecule has 0 fully saturated rings. The van der Waals surface area contributed by atoms with Gasteiger partial charge in [-0.2, -0.15) is 0 Å². The van der Waals surface area contributed by atoms with Crippen molar-refractivity contribution in [2.24, 2.45) is 0 Å². The van der Waals surface area contributed by atoms with E-state index in [0.29, 0.717) is 5.75 Å². The Balaban J connectivity index is 1.26. The molecular weight excluding hydrogens is 366 g/mol. The Hall–Kier alpha value is -3.61.